The van der Waals surface area contributed by atoms with Crippen LogP contribution in [0.5, 0.6) is 0 Å². The van der Waals surface area contributed by atoms with Crippen LogP contribution in [0, 0.1) is 5.92 Å². The lowest BCUT2D eigenvalue weighted by atomic mass is 9.97. The molecule has 2 heterocycles. The van der Waals surface area contributed by atoms with E-state index in [1.165, 1.54) is 32.5 Å². The Bertz CT molecular complexity index is 438. The molecule has 0 spiro atoms. The van der Waals surface area contributed by atoms with Gasteiger partial charge in [0, 0.05) is 25.6 Å². The van der Waals surface area contributed by atoms with Gasteiger partial charge in [-0.1, -0.05) is 20.8 Å². The molecule has 0 saturated carbocycles. The molecule has 1 aliphatic heterocycles. The zero-order valence-corrected chi connectivity index (χ0v) is 13.8. The van der Waals surface area contributed by atoms with Crippen LogP contribution in [0.25, 0.3) is 0 Å². The fourth-order valence-corrected chi connectivity index (χ4v) is 2.70. The van der Waals surface area contributed by atoms with E-state index in [2.05, 4.69) is 46.3 Å². The van der Waals surface area contributed by atoms with Gasteiger partial charge in [0.15, 0.2) is 0 Å². The van der Waals surface area contributed by atoms with Gasteiger partial charge in [0.1, 0.15) is 17.5 Å². The maximum Gasteiger partial charge on any atom is 0.135 e. The van der Waals surface area contributed by atoms with Crippen molar-refractivity contribution >= 4 is 11.6 Å². The quantitative estimate of drug-likeness (QED) is 0.844. The number of anilines is 2. The maximum atomic E-state index is 4.62. The standard InChI is InChI=1S/C16H29N5/c1-5-21-8-6-13(7-9-21)11-18-15-10-14(17-4)19-16(20-15)12(2)3/h10,12-13H,5-9,11H2,1-4H3,(H2,17,18,19,20). The molecule has 0 atom stereocenters. The summed E-state index contributed by atoms with van der Waals surface area (Å²) in [7, 11) is 1.90. The van der Waals surface area contributed by atoms with Crippen LogP contribution in [-0.4, -0.2) is 48.1 Å². The Kier molecular flexibility index (Phi) is 5.79. The van der Waals surface area contributed by atoms with E-state index in [9.17, 15) is 0 Å². The van der Waals surface area contributed by atoms with Crippen molar-refractivity contribution in [3.63, 3.8) is 0 Å². The van der Waals surface area contributed by atoms with Crippen molar-refractivity contribution in [3.05, 3.63) is 11.9 Å². The number of rotatable bonds is 6. The first kappa shape index (κ1) is 16.0. The van der Waals surface area contributed by atoms with Gasteiger partial charge in [0.2, 0.25) is 0 Å². The van der Waals surface area contributed by atoms with Crippen LogP contribution in [-0.2, 0) is 0 Å². The molecule has 0 radical (unpaired) electrons. The fourth-order valence-electron chi connectivity index (χ4n) is 2.70. The van der Waals surface area contributed by atoms with Crippen molar-refractivity contribution in [2.45, 2.75) is 39.5 Å². The van der Waals surface area contributed by atoms with E-state index >= 15 is 0 Å². The molecule has 5 heteroatoms. The van der Waals surface area contributed by atoms with Gasteiger partial charge >= 0.3 is 0 Å². The number of nitrogens with one attached hydrogen (secondary N) is 2. The highest BCUT2D eigenvalue weighted by Gasteiger charge is 2.18. The molecule has 1 aromatic rings. The first-order valence-electron chi connectivity index (χ1n) is 8.15. The van der Waals surface area contributed by atoms with E-state index in [0.29, 0.717) is 5.92 Å². The SMILES string of the molecule is CCN1CCC(CNc2cc(NC)nc(C(C)C)n2)CC1. The van der Waals surface area contributed by atoms with Gasteiger partial charge in [0.25, 0.3) is 0 Å². The van der Waals surface area contributed by atoms with E-state index in [4.69, 9.17) is 0 Å². The summed E-state index contributed by atoms with van der Waals surface area (Å²) in [4.78, 5) is 11.6. The van der Waals surface area contributed by atoms with Gasteiger partial charge in [-0.25, -0.2) is 9.97 Å². The molecular formula is C16H29N5. The molecule has 1 aliphatic rings. The van der Waals surface area contributed by atoms with Gasteiger partial charge in [-0.05, 0) is 38.4 Å². The molecule has 1 aromatic heterocycles. The van der Waals surface area contributed by atoms with E-state index in [1.807, 2.05) is 13.1 Å². The number of nitrogens with zero attached hydrogens (tertiary/aromatic N) is 3. The number of hydrogen-bond donors (Lipinski definition) is 2. The van der Waals surface area contributed by atoms with Gasteiger partial charge < -0.3 is 15.5 Å². The number of aromatic nitrogens is 2. The molecule has 1 saturated heterocycles. The summed E-state index contributed by atoms with van der Waals surface area (Å²) >= 11 is 0. The fraction of sp³-hybridized carbons (Fsp3) is 0.750. The third kappa shape index (κ3) is 4.56. The third-order valence-corrected chi connectivity index (χ3v) is 4.24. The van der Waals surface area contributed by atoms with Crippen molar-refractivity contribution in [3.8, 4) is 0 Å². The molecule has 2 rings (SSSR count). The predicted octanol–water partition coefficient (Wildman–Crippen LogP) is 2.79. The summed E-state index contributed by atoms with van der Waals surface area (Å²) in [5.41, 5.74) is 0. The highest BCUT2D eigenvalue weighted by Crippen LogP contribution is 2.20. The van der Waals surface area contributed by atoms with Crippen molar-refractivity contribution in [2.24, 2.45) is 5.92 Å². The normalized spacial score (nSPS) is 17.2. The van der Waals surface area contributed by atoms with Crippen LogP contribution in [0.15, 0.2) is 6.07 Å². The first-order chi connectivity index (χ1) is 10.1. The first-order valence-corrected chi connectivity index (χ1v) is 8.15. The second kappa shape index (κ2) is 7.59. The molecule has 1 fully saturated rings. The van der Waals surface area contributed by atoms with E-state index < -0.39 is 0 Å². The lowest BCUT2D eigenvalue weighted by molar-refractivity contribution is 0.198. The number of hydrogen-bond acceptors (Lipinski definition) is 5. The zero-order chi connectivity index (χ0) is 15.2. The van der Waals surface area contributed by atoms with Crippen LogP contribution >= 0.6 is 0 Å². The Hall–Kier alpha value is -1.36. The minimum absolute atomic E-state index is 0.339. The van der Waals surface area contributed by atoms with E-state index in [0.717, 1.165) is 29.9 Å². The molecule has 0 aliphatic carbocycles. The van der Waals surface area contributed by atoms with Gasteiger partial charge in [0.05, 0.1) is 0 Å². The largest absolute Gasteiger partial charge is 0.373 e. The number of piperidine rings is 1. The summed E-state index contributed by atoms with van der Waals surface area (Å²) in [6.45, 7) is 11.1. The summed E-state index contributed by atoms with van der Waals surface area (Å²) in [6.07, 6.45) is 2.56. The Labute approximate surface area is 128 Å². The Balaban J connectivity index is 1.92. The minimum atomic E-state index is 0.339. The predicted molar refractivity (Wildman–Crippen MR) is 89.0 cm³/mol. The Morgan fingerprint density at radius 2 is 1.90 bits per heavy atom. The van der Waals surface area contributed by atoms with Crippen molar-refractivity contribution in [1.29, 1.82) is 0 Å². The molecular weight excluding hydrogens is 262 g/mol. The van der Waals surface area contributed by atoms with Crippen LogP contribution in [0.4, 0.5) is 11.6 Å². The van der Waals surface area contributed by atoms with E-state index in [1.54, 1.807) is 0 Å². The minimum Gasteiger partial charge on any atom is -0.373 e. The number of likely N-dealkylation sites (tertiary alicyclic amines) is 1. The summed E-state index contributed by atoms with van der Waals surface area (Å²) in [6, 6.07) is 1.99. The molecule has 118 valence electrons. The van der Waals surface area contributed by atoms with Crippen molar-refractivity contribution < 1.29 is 0 Å². The van der Waals surface area contributed by atoms with Crippen molar-refractivity contribution in [1.82, 2.24) is 14.9 Å². The van der Waals surface area contributed by atoms with Crippen LogP contribution in [0.3, 0.4) is 0 Å². The van der Waals surface area contributed by atoms with Crippen LogP contribution in [0.2, 0.25) is 0 Å². The molecule has 2 N–H and O–H groups in total. The average Bonchev–Trinajstić information content (AvgIpc) is 2.53. The summed E-state index contributed by atoms with van der Waals surface area (Å²) in [5, 5.41) is 6.62. The second-order valence-corrected chi connectivity index (χ2v) is 6.16. The summed E-state index contributed by atoms with van der Waals surface area (Å²) in [5.74, 6) is 3.81. The molecule has 0 unspecified atom stereocenters. The molecule has 0 aromatic carbocycles. The highest BCUT2D eigenvalue weighted by molar-refractivity contribution is 5.47. The molecule has 5 nitrogen and oxygen atoms in total. The van der Waals surface area contributed by atoms with E-state index in [-0.39, 0.29) is 0 Å². The highest BCUT2D eigenvalue weighted by atomic mass is 15.1. The molecule has 0 bridgehead atoms. The second-order valence-electron chi connectivity index (χ2n) is 6.16. The van der Waals surface area contributed by atoms with Gasteiger partial charge in [-0.3, -0.25) is 0 Å². The zero-order valence-electron chi connectivity index (χ0n) is 13.8. The third-order valence-electron chi connectivity index (χ3n) is 4.24. The van der Waals surface area contributed by atoms with Crippen molar-refractivity contribution in [2.75, 3.05) is 43.9 Å². The Morgan fingerprint density at radius 1 is 1.24 bits per heavy atom. The monoisotopic (exact) mass is 291 g/mol. The van der Waals surface area contributed by atoms with Gasteiger partial charge in [-0.15, -0.1) is 0 Å². The molecule has 21 heavy (non-hydrogen) atoms. The lowest BCUT2D eigenvalue weighted by Gasteiger charge is -2.31. The Morgan fingerprint density at radius 3 is 2.48 bits per heavy atom. The molecule has 0 amide bonds. The maximum absolute atomic E-state index is 4.62. The van der Waals surface area contributed by atoms with Crippen LogP contribution < -0.4 is 10.6 Å². The van der Waals surface area contributed by atoms with Gasteiger partial charge in [-0.2, -0.15) is 0 Å². The average molecular weight is 291 g/mol. The van der Waals surface area contributed by atoms with Crippen LogP contribution in [0.1, 0.15) is 45.4 Å². The topological polar surface area (TPSA) is 53.1 Å². The summed E-state index contributed by atoms with van der Waals surface area (Å²) < 4.78 is 0. The smallest absolute Gasteiger partial charge is 0.135 e. The lowest BCUT2D eigenvalue weighted by Crippen LogP contribution is -2.35.